The molecule has 86 valence electrons. The van der Waals surface area contributed by atoms with Crippen LogP contribution in [0.4, 0.5) is 10.5 Å². The molecule has 0 atom stereocenters. The molecule has 16 heavy (non-hydrogen) atoms. The molecule has 0 bridgehead atoms. The van der Waals surface area contributed by atoms with Gasteiger partial charge in [-0.05, 0) is 32.9 Å². The molecule has 3 nitrogen and oxygen atoms in total. The summed E-state index contributed by atoms with van der Waals surface area (Å²) in [4.78, 5) is 14.7. The standard InChI is InChI=1S/C12H15NO2S/c1-12(2,3)15-11(14)13-8-16-10-7-5-4-6-9(10)13/h4-7H,8H2,1-3H3. The molecule has 0 fully saturated rings. The Bertz CT molecular complexity index is 412. The number of rotatable bonds is 0. The number of hydrogen-bond acceptors (Lipinski definition) is 3. The first-order chi connectivity index (χ1) is 7.47. The number of para-hydroxylation sites is 1. The minimum atomic E-state index is -0.445. The monoisotopic (exact) mass is 237 g/mol. The molecule has 4 heteroatoms. The fourth-order valence-corrected chi connectivity index (χ4v) is 2.49. The molecule has 2 rings (SSSR count). The van der Waals surface area contributed by atoms with Gasteiger partial charge in [0.25, 0.3) is 0 Å². The van der Waals surface area contributed by atoms with Crippen LogP contribution in [0.2, 0.25) is 0 Å². The summed E-state index contributed by atoms with van der Waals surface area (Å²) < 4.78 is 5.35. The van der Waals surface area contributed by atoms with Crippen LogP contribution < -0.4 is 4.90 Å². The first-order valence-corrected chi connectivity index (χ1v) is 6.18. The van der Waals surface area contributed by atoms with E-state index in [1.165, 1.54) is 0 Å². The highest BCUT2D eigenvalue weighted by atomic mass is 32.2. The number of thioether (sulfide) groups is 1. The van der Waals surface area contributed by atoms with Crippen LogP contribution in [0.5, 0.6) is 0 Å². The number of amides is 1. The molecule has 1 aromatic carbocycles. The van der Waals surface area contributed by atoms with Crippen molar-refractivity contribution >= 4 is 23.5 Å². The molecular formula is C12H15NO2S. The van der Waals surface area contributed by atoms with Crippen molar-refractivity contribution < 1.29 is 9.53 Å². The fraction of sp³-hybridized carbons (Fsp3) is 0.417. The van der Waals surface area contributed by atoms with Gasteiger partial charge in [0, 0.05) is 4.90 Å². The minimum Gasteiger partial charge on any atom is -0.443 e. The van der Waals surface area contributed by atoms with E-state index < -0.39 is 5.60 Å². The summed E-state index contributed by atoms with van der Waals surface area (Å²) in [5, 5.41) is 0. The van der Waals surface area contributed by atoms with Gasteiger partial charge in [-0.15, -0.1) is 11.8 Å². The fourth-order valence-electron chi connectivity index (χ4n) is 1.47. The summed E-state index contributed by atoms with van der Waals surface area (Å²) in [5.74, 6) is 0.633. The van der Waals surface area contributed by atoms with Gasteiger partial charge >= 0.3 is 6.09 Å². The molecule has 1 aromatic rings. The van der Waals surface area contributed by atoms with Crippen LogP contribution in [0.3, 0.4) is 0 Å². The third-order valence-electron chi connectivity index (χ3n) is 2.12. The molecule has 1 amide bonds. The number of nitrogens with zero attached hydrogens (tertiary/aromatic N) is 1. The first kappa shape index (κ1) is 11.3. The lowest BCUT2D eigenvalue weighted by molar-refractivity contribution is 0.0588. The van der Waals surface area contributed by atoms with Crippen LogP contribution in [-0.2, 0) is 4.74 Å². The van der Waals surface area contributed by atoms with Gasteiger partial charge in [-0.25, -0.2) is 4.79 Å². The molecule has 0 spiro atoms. The van der Waals surface area contributed by atoms with Gasteiger partial charge in [0.05, 0.1) is 11.6 Å². The highest BCUT2D eigenvalue weighted by Gasteiger charge is 2.28. The zero-order valence-electron chi connectivity index (χ0n) is 9.69. The second-order valence-electron chi connectivity index (χ2n) is 4.65. The third kappa shape index (κ3) is 2.32. The second kappa shape index (κ2) is 4.01. The van der Waals surface area contributed by atoms with Crippen LogP contribution in [0.25, 0.3) is 0 Å². The van der Waals surface area contributed by atoms with E-state index in [1.54, 1.807) is 16.7 Å². The topological polar surface area (TPSA) is 29.5 Å². The largest absolute Gasteiger partial charge is 0.443 e. The number of ether oxygens (including phenoxy) is 1. The van der Waals surface area contributed by atoms with Crippen molar-refractivity contribution in [2.75, 3.05) is 10.8 Å². The van der Waals surface area contributed by atoms with Crippen LogP contribution in [-0.4, -0.2) is 17.6 Å². The average Bonchev–Trinajstić information content (AvgIpc) is 2.58. The Kier molecular flexibility index (Phi) is 2.84. The molecule has 1 aliphatic heterocycles. The van der Waals surface area contributed by atoms with E-state index in [0.29, 0.717) is 5.88 Å². The minimum absolute atomic E-state index is 0.273. The van der Waals surface area contributed by atoms with Gasteiger partial charge in [-0.2, -0.15) is 0 Å². The van der Waals surface area contributed by atoms with E-state index in [-0.39, 0.29) is 6.09 Å². The molecule has 0 N–H and O–H groups in total. The van der Waals surface area contributed by atoms with Crippen molar-refractivity contribution in [1.82, 2.24) is 0 Å². The highest BCUT2D eigenvalue weighted by Crippen LogP contribution is 2.38. The Labute approximate surface area is 99.8 Å². The van der Waals surface area contributed by atoms with Crippen molar-refractivity contribution in [2.24, 2.45) is 0 Å². The van der Waals surface area contributed by atoms with Crippen LogP contribution in [0, 0.1) is 0 Å². The van der Waals surface area contributed by atoms with Crippen molar-refractivity contribution in [1.29, 1.82) is 0 Å². The van der Waals surface area contributed by atoms with Gasteiger partial charge in [0.2, 0.25) is 0 Å². The van der Waals surface area contributed by atoms with Crippen molar-refractivity contribution in [2.45, 2.75) is 31.3 Å². The van der Waals surface area contributed by atoms with Gasteiger partial charge in [-0.1, -0.05) is 12.1 Å². The first-order valence-electron chi connectivity index (χ1n) is 5.20. The predicted octanol–water partition coefficient (Wildman–Crippen LogP) is 3.49. The molecule has 1 heterocycles. The van der Waals surface area contributed by atoms with Gasteiger partial charge in [-0.3, -0.25) is 4.90 Å². The summed E-state index contributed by atoms with van der Waals surface area (Å²) in [7, 11) is 0. The summed E-state index contributed by atoms with van der Waals surface area (Å²) >= 11 is 1.66. The normalized spacial score (nSPS) is 14.8. The predicted molar refractivity (Wildman–Crippen MR) is 65.9 cm³/mol. The highest BCUT2D eigenvalue weighted by molar-refractivity contribution is 8.00. The van der Waals surface area contributed by atoms with Crippen molar-refractivity contribution in [3.05, 3.63) is 24.3 Å². The third-order valence-corrected chi connectivity index (χ3v) is 3.16. The van der Waals surface area contributed by atoms with E-state index in [1.807, 2.05) is 45.0 Å². The number of anilines is 1. The van der Waals surface area contributed by atoms with Crippen molar-refractivity contribution in [3.8, 4) is 0 Å². The Morgan fingerprint density at radius 1 is 1.38 bits per heavy atom. The Morgan fingerprint density at radius 2 is 2.06 bits per heavy atom. The Balaban J connectivity index is 2.16. The van der Waals surface area contributed by atoms with E-state index in [4.69, 9.17) is 4.74 Å². The van der Waals surface area contributed by atoms with Crippen molar-refractivity contribution in [3.63, 3.8) is 0 Å². The molecule has 0 saturated carbocycles. The van der Waals surface area contributed by atoms with Crippen LogP contribution in [0.15, 0.2) is 29.2 Å². The maximum absolute atomic E-state index is 11.9. The van der Waals surface area contributed by atoms with E-state index in [0.717, 1.165) is 10.6 Å². The van der Waals surface area contributed by atoms with Gasteiger partial charge in [0.15, 0.2) is 0 Å². The summed E-state index contributed by atoms with van der Waals surface area (Å²) in [6, 6.07) is 7.87. The SMILES string of the molecule is CC(C)(C)OC(=O)N1CSc2ccccc21. The number of carbonyl (C=O) groups excluding carboxylic acids is 1. The molecule has 0 radical (unpaired) electrons. The number of fused-ring (bicyclic) bond motifs is 1. The summed E-state index contributed by atoms with van der Waals surface area (Å²) in [6.07, 6.45) is -0.273. The number of carbonyl (C=O) groups is 1. The van der Waals surface area contributed by atoms with Crippen LogP contribution >= 0.6 is 11.8 Å². The summed E-state index contributed by atoms with van der Waals surface area (Å²) in [6.45, 7) is 5.63. The van der Waals surface area contributed by atoms with E-state index >= 15 is 0 Å². The van der Waals surface area contributed by atoms with Crippen LogP contribution in [0.1, 0.15) is 20.8 Å². The lowest BCUT2D eigenvalue weighted by Crippen LogP contribution is -2.35. The van der Waals surface area contributed by atoms with Gasteiger partial charge in [0.1, 0.15) is 5.60 Å². The lowest BCUT2D eigenvalue weighted by Gasteiger charge is -2.24. The van der Waals surface area contributed by atoms with E-state index in [9.17, 15) is 4.79 Å². The molecule has 0 aromatic heterocycles. The summed E-state index contributed by atoms with van der Waals surface area (Å²) in [5.41, 5.74) is 0.501. The Hall–Kier alpha value is -1.16. The number of hydrogen-bond donors (Lipinski definition) is 0. The zero-order chi connectivity index (χ0) is 11.8. The van der Waals surface area contributed by atoms with Gasteiger partial charge < -0.3 is 4.74 Å². The molecular weight excluding hydrogens is 222 g/mol. The molecule has 0 saturated heterocycles. The molecule has 1 aliphatic rings. The molecule has 0 unspecified atom stereocenters. The average molecular weight is 237 g/mol. The molecule has 0 aliphatic carbocycles. The second-order valence-corrected chi connectivity index (χ2v) is 5.64. The Morgan fingerprint density at radius 3 is 2.75 bits per heavy atom. The number of benzene rings is 1. The maximum Gasteiger partial charge on any atom is 0.415 e. The zero-order valence-corrected chi connectivity index (χ0v) is 10.5. The maximum atomic E-state index is 11.9. The lowest BCUT2D eigenvalue weighted by atomic mass is 10.2. The quantitative estimate of drug-likeness (QED) is 0.691. The van der Waals surface area contributed by atoms with E-state index in [2.05, 4.69) is 0 Å². The smallest absolute Gasteiger partial charge is 0.415 e.